The van der Waals surface area contributed by atoms with E-state index in [1.165, 1.54) is 0 Å². The van der Waals surface area contributed by atoms with Crippen molar-refractivity contribution in [2.75, 3.05) is 13.2 Å². The predicted molar refractivity (Wildman–Crippen MR) is 55.4 cm³/mol. The van der Waals surface area contributed by atoms with Gasteiger partial charge in [-0.15, -0.1) is 6.58 Å². The Labute approximate surface area is 79.9 Å². The van der Waals surface area contributed by atoms with Gasteiger partial charge in [0.2, 0.25) is 0 Å². The maximum Gasteiger partial charge on any atom is 0.0647 e. The number of aliphatic hydroxyl groups is 2. The quantitative estimate of drug-likeness (QED) is 0.486. The Balaban J connectivity index is 4.43. The summed E-state index contributed by atoms with van der Waals surface area (Å²) >= 11 is 0. The van der Waals surface area contributed by atoms with Gasteiger partial charge in [0.25, 0.3) is 0 Å². The molecule has 0 amide bonds. The molecule has 0 aromatic carbocycles. The number of hydrogen-bond donors (Lipinski definition) is 2. The zero-order valence-electron chi connectivity index (χ0n) is 8.16. The first-order chi connectivity index (χ1) is 6.28. The first kappa shape index (κ1) is 12.1. The summed E-state index contributed by atoms with van der Waals surface area (Å²) in [4.78, 5) is 0. The lowest BCUT2D eigenvalue weighted by Crippen LogP contribution is -1.91. The van der Waals surface area contributed by atoms with Crippen molar-refractivity contribution in [3.8, 4) is 0 Å². The Morgan fingerprint density at radius 3 is 2.46 bits per heavy atom. The summed E-state index contributed by atoms with van der Waals surface area (Å²) in [5, 5.41) is 17.7. The molecule has 0 aliphatic carbocycles. The van der Waals surface area contributed by atoms with Gasteiger partial charge in [0, 0.05) is 0 Å². The van der Waals surface area contributed by atoms with Crippen LogP contribution in [-0.2, 0) is 0 Å². The molecule has 74 valence electrons. The second-order valence-corrected chi connectivity index (χ2v) is 2.77. The lowest BCUT2D eigenvalue weighted by molar-refractivity contribution is 0.328. The van der Waals surface area contributed by atoms with E-state index < -0.39 is 0 Å². The first-order valence-corrected chi connectivity index (χ1v) is 4.49. The molecule has 0 fully saturated rings. The van der Waals surface area contributed by atoms with Gasteiger partial charge in [-0.25, -0.2) is 0 Å². The highest BCUT2D eigenvalue weighted by atomic mass is 16.3. The fraction of sp³-hybridized carbons (Fsp3) is 0.455. The third kappa shape index (κ3) is 5.39. The Kier molecular flexibility index (Phi) is 7.26. The normalized spacial score (nSPS) is 13.2. The Morgan fingerprint density at radius 1 is 1.38 bits per heavy atom. The number of rotatable bonds is 6. The topological polar surface area (TPSA) is 40.5 Å². The molecule has 0 heterocycles. The lowest BCUT2D eigenvalue weighted by Gasteiger charge is -2.02. The van der Waals surface area contributed by atoms with Gasteiger partial charge in [0.15, 0.2) is 0 Å². The molecular formula is C11H18O2. The van der Waals surface area contributed by atoms with Crippen LogP contribution < -0.4 is 0 Å². The summed E-state index contributed by atoms with van der Waals surface area (Å²) in [5.74, 6) is 0. The maximum atomic E-state index is 8.96. The molecule has 0 rings (SSSR count). The average molecular weight is 182 g/mol. The van der Waals surface area contributed by atoms with Gasteiger partial charge in [-0.05, 0) is 24.0 Å². The maximum absolute atomic E-state index is 8.96. The minimum atomic E-state index is 0.0481. The summed E-state index contributed by atoms with van der Waals surface area (Å²) in [6.07, 6.45) is 6.98. The highest BCUT2D eigenvalue weighted by Gasteiger charge is 1.94. The molecular weight excluding hydrogens is 164 g/mol. The van der Waals surface area contributed by atoms with Crippen molar-refractivity contribution in [1.29, 1.82) is 0 Å². The molecule has 0 aromatic rings. The van der Waals surface area contributed by atoms with Crippen LogP contribution in [0.4, 0.5) is 0 Å². The zero-order valence-corrected chi connectivity index (χ0v) is 8.16. The van der Waals surface area contributed by atoms with Crippen molar-refractivity contribution in [3.63, 3.8) is 0 Å². The van der Waals surface area contributed by atoms with E-state index in [4.69, 9.17) is 10.2 Å². The molecule has 0 bridgehead atoms. The highest BCUT2D eigenvalue weighted by molar-refractivity contribution is 5.24. The lowest BCUT2D eigenvalue weighted by atomic mass is 10.1. The van der Waals surface area contributed by atoms with Crippen LogP contribution in [0.1, 0.15) is 19.8 Å². The van der Waals surface area contributed by atoms with Crippen LogP contribution in [0, 0.1) is 0 Å². The summed E-state index contributed by atoms with van der Waals surface area (Å²) in [7, 11) is 0. The van der Waals surface area contributed by atoms with Gasteiger partial charge in [-0.2, -0.15) is 0 Å². The molecule has 0 saturated heterocycles. The van der Waals surface area contributed by atoms with Crippen LogP contribution >= 0.6 is 0 Å². The molecule has 0 aliphatic rings. The minimum absolute atomic E-state index is 0.0481. The van der Waals surface area contributed by atoms with Crippen LogP contribution in [0.25, 0.3) is 0 Å². The van der Waals surface area contributed by atoms with Gasteiger partial charge in [-0.3, -0.25) is 0 Å². The summed E-state index contributed by atoms with van der Waals surface area (Å²) in [6.45, 7) is 5.72. The van der Waals surface area contributed by atoms with Gasteiger partial charge in [0.1, 0.15) is 0 Å². The molecule has 0 saturated carbocycles. The molecule has 2 nitrogen and oxygen atoms in total. The monoisotopic (exact) mass is 182 g/mol. The standard InChI is InChI=1S/C11H18O2/c1-3-5-11(9-13)8-10(4-2)6-7-12/h3,6,8,12-13H,1,4-5,7,9H2,2H3/b10-6+,11-8+. The van der Waals surface area contributed by atoms with Gasteiger partial charge >= 0.3 is 0 Å². The summed E-state index contributed by atoms with van der Waals surface area (Å²) in [5.41, 5.74) is 1.98. The minimum Gasteiger partial charge on any atom is -0.392 e. The Bertz CT molecular complexity index is 202. The number of allylic oxidation sites excluding steroid dienone is 3. The average Bonchev–Trinajstić information content (AvgIpc) is 2.16. The summed E-state index contributed by atoms with van der Waals surface area (Å²) in [6, 6.07) is 0. The van der Waals surface area contributed by atoms with Crippen molar-refractivity contribution in [2.45, 2.75) is 19.8 Å². The zero-order chi connectivity index (χ0) is 10.1. The van der Waals surface area contributed by atoms with Crippen molar-refractivity contribution in [2.24, 2.45) is 0 Å². The van der Waals surface area contributed by atoms with Crippen LogP contribution in [0.5, 0.6) is 0 Å². The third-order valence-corrected chi connectivity index (χ3v) is 1.76. The first-order valence-electron chi connectivity index (χ1n) is 4.49. The molecule has 0 unspecified atom stereocenters. The molecule has 0 spiro atoms. The SMILES string of the molecule is C=CC/C(=C\C(=C\CO)CC)CO. The van der Waals surface area contributed by atoms with Crippen molar-refractivity contribution in [3.05, 3.63) is 36.0 Å². The molecule has 0 aromatic heterocycles. The van der Waals surface area contributed by atoms with Crippen LogP contribution in [-0.4, -0.2) is 23.4 Å². The molecule has 2 N–H and O–H groups in total. The Morgan fingerprint density at radius 2 is 2.08 bits per heavy atom. The van der Waals surface area contributed by atoms with E-state index in [9.17, 15) is 0 Å². The summed E-state index contributed by atoms with van der Waals surface area (Å²) < 4.78 is 0. The fourth-order valence-corrected chi connectivity index (χ4v) is 1.04. The number of hydrogen-bond acceptors (Lipinski definition) is 2. The van der Waals surface area contributed by atoms with E-state index in [1.807, 2.05) is 13.0 Å². The Hall–Kier alpha value is -0.860. The fourth-order valence-electron chi connectivity index (χ4n) is 1.04. The van der Waals surface area contributed by atoms with E-state index in [1.54, 1.807) is 12.2 Å². The van der Waals surface area contributed by atoms with Gasteiger partial charge < -0.3 is 10.2 Å². The molecule has 13 heavy (non-hydrogen) atoms. The van der Waals surface area contributed by atoms with Crippen molar-refractivity contribution in [1.82, 2.24) is 0 Å². The smallest absolute Gasteiger partial charge is 0.0647 e. The van der Waals surface area contributed by atoms with Gasteiger partial charge in [-0.1, -0.05) is 25.2 Å². The van der Waals surface area contributed by atoms with Crippen molar-refractivity contribution >= 4 is 0 Å². The largest absolute Gasteiger partial charge is 0.392 e. The third-order valence-electron chi connectivity index (χ3n) is 1.76. The predicted octanol–water partition coefficient (Wildman–Crippen LogP) is 1.81. The van der Waals surface area contributed by atoms with Gasteiger partial charge in [0.05, 0.1) is 13.2 Å². The molecule has 2 heteroatoms. The van der Waals surface area contributed by atoms with E-state index in [0.29, 0.717) is 6.42 Å². The number of aliphatic hydroxyl groups excluding tert-OH is 2. The molecule has 0 aliphatic heterocycles. The molecule has 0 atom stereocenters. The molecule has 0 radical (unpaired) electrons. The van der Waals surface area contributed by atoms with E-state index >= 15 is 0 Å². The van der Waals surface area contributed by atoms with Crippen LogP contribution in [0.2, 0.25) is 0 Å². The second-order valence-electron chi connectivity index (χ2n) is 2.77. The van der Waals surface area contributed by atoms with Crippen LogP contribution in [0.15, 0.2) is 36.0 Å². The van der Waals surface area contributed by atoms with E-state index in [0.717, 1.165) is 17.6 Å². The van der Waals surface area contributed by atoms with Crippen LogP contribution in [0.3, 0.4) is 0 Å². The van der Waals surface area contributed by atoms with E-state index in [2.05, 4.69) is 6.58 Å². The van der Waals surface area contributed by atoms with Crippen molar-refractivity contribution < 1.29 is 10.2 Å². The second kappa shape index (κ2) is 7.77. The van der Waals surface area contributed by atoms with E-state index in [-0.39, 0.29) is 13.2 Å². The highest BCUT2D eigenvalue weighted by Crippen LogP contribution is 2.09.